The van der Waals surface area contributed by atoms with Crippen LogP contribution in [0, 0.1) is 0 Å². The van der Waals surface area contributed by atoms with E-state index in [-0.39, 0.29) is 5.97 Å². The summed E-state index contributed by atoms with van der Waals surface area (Å²) in [6.07, 6.45) is -0.422. The minimum atomic E-state index is -0.422. The third-order valence-electron chi connectivity index (χ3n) is 2.29. The molecule has 1 heterocycles. The molecular weight excluding hydrogens is 182 g/mol. The van der Waals surface area contributed by atoms with E-state index < -0.39 is 6.23 Å². The Morgan fingerprint density at radius 3 is 3.14 bits per heavy atom. The summed E-state index contributed by atoms with van der Waals surface area (Å²) < 4.78 is 9.83. The summed E-state index contributed by atoms with van der Waals surface area (Å²) in [7, 11) is 1.35. The van der Waals surface area contributed by atoms with Crippen LogP contribution in [0.2, 0.25) is 0 Å². The number of carbonyl (C=O) groups excluding carboxylic acids is 1. The van der Waals surface area contributed by atoms with Crippen molar-refractivity contribution in [2.24, 2.45) is 5.73 Å². The molecule has 0 saturated heterocycles. The Morgan fingerprint density at radius 2 is 2.43 bits per heavy atom. The first-order valence-corrected chi connectivity index (χ1v) is 4.30. The molecule has 74 valence electrons. The van der Waals surface area contributed by atoms with Gasteiger partial charge in [-0.1, -0.05) is 6.07 Å². The summed E-state index contributed by atoms with van der Waals surface area (Å²) in [4.78, 5) is 11.2. The van der Waals surface area contributed by atoms with Gasteiger partial charge in [0.1, 0.15) is 6.23 Å². The fourth-order valence-electron chi connectivity index (χ4n) is 1.51. The zero-order chi connectivity index (χ0) is 10.1. The number of nitrogens with two attached hydrogens (primary N) is 1. The van der Waals surface area contributed by atoms with E-state index in [0.717, 1.165) is 11.1 Å². The topological polar surface area (TPSA) is 61.5 Å². The number of fused-ring (bicyclic) bond motifs is 1. The number of benzene rings is 1. The monoisotopic (exact) mass is 193 g/mol. The fourth-order valence-corrected chi connectivity index (χ4v) is 1.51. The SMILES string of the molecule is COC(=O)c1ccc2c(c1)C(N)OC2. The average molecular weight is 193 g/mol. The van der Waals surface area contributed by atoms with E-state index >= 15 is 0 Å². The second-order valence-electron chi connectivity index (χ2n) is 3.14. The van der Waals surface area contributed by atoms with Crippen molar-refractivity contribution in [3.8, 4) is 0 Å². The first kappa shape index (κ1) is 9.18. The Hall–Kier alpha value is -1.39. The summed E-state index contributed by atoms with van der Waals surface area (Å²) in [6, 6.07) is 5.28. The van der Waals surface area contributed by atoms with Crippen molar-refractivity contribution in [3.63, 3.8) is 0 Å². The van der Waals surface area contributed by atoms with Gasteiger partial charge in [-0.3, -0.25) is 0 Å². The molecular formula is C10H11NO3. The molecule has 1 aliphatic rings. The van der Waals surface area contributed by atoms with E-state index in [9.17, 15) is 4.79 Å². The highest BCUT2D eigenvalue weighted by Crippen LogP contribution is 2.27. The molecule has 14 heavy (non-hydrogen) atoms. The highest BCUT2D eigenvalue weighted by Gasteiger charge is 2.21. The number of methoxy groups -OCH3 is 1. The minimum absolute atomic E-state index is 0.355. The predicted octanol–water partition coefficient (Wildman–Crippen LogP) is 0.961. The van der Waals surface area contributed by atoms with Gasteiger partial charge >= 0.3 is 5.97 Å². The molecule has 2 N–H and O–H groups in total. The van der Waals surface area contributed by atoms with E-state index in [0.29, 0.717) is 12.2 Å². The molecule has 0 spiro atoms. The van der Waals surface area contributed by atoms with Gasteiger partial charge in [-0.25, -0.2) is 4.79 Å². The standard InChI is InChI=1S/C10H11NO3/c1-13-10(12)6-2-3-7-5-14-9(11)8(7)4-6/h2-4,9H,5,11H2,1H3. The number of hydrogen-bond acceptors (Lipinski definition) is 4. The summed E-state index contributed by atoms with van der Waals surface area (Å²) in [5, 5.41) is 0. The Balaban J connectivity index is 2.39. The van der Waals surface area contributed by atoms with Gasteiger partial charge in [-0.15, -0.1) is 0 Å². The number of hydrogen-bond donors (Lipinski definition) is 1. The summed E-state index contributed by atoms with van der Waals surface area (Å²) in [5.41, 5.74) is 8.09. The molecule has 1 aliphatic heterocycles. The summed E-state index contributed by atoms with van der Waals surface area (Å²) in [5.74, 6) is -0.355. The number of rotatable bonds is 1. The summed E-state index contributed by atoms with van der Waals surface area (Å²) in [6.45, 7) is 0.512. The van der Waals surface area contributed by atoms with Gasteiger partial charge in [0.25, 0.3) is 0 Å². The first-order valence-electron chi connectivity index (χ1n) is 4.30. The third-order valence-corrected chi connectivity index (χ3v) is 2.29. The molecule has 2 rings (SSSR count). The Kier molecular flexibility index (Phi) is 2.23. The zero-order valence-electron chi connectivity index (χ0n) is 7.82. The Bertz CT molecular complexity index is 376. The lowest BCUT2D eigenvalue weighted by molar-refractivity contribution is 0.0600. The van der Waals surface area contributed by atoms with Gasteiger partial charge in [0.15, 0.2) is 0 Å². The van der Waals surface area contributed by atoms with Crippen molar-refractivity contribution in [1.82, 2.24) is 0 Å². The zero-order valence-corrected chi connectivity index (χ0v) is 7.82. The molecule has 0 amide bonds. The molecule has 0 bridgehead atoms. The second-order valence-corrected chi connectivity index (χ2v) is 3.14. The van der Waals surface area contributed by atoms with Crippen LogP contribution < -0.4 is 5.73 Å². The lowest BCUT2D eigenvalue weighted by atomic mass is 10.1. The van der Waals surface area contributed by atoms with Crippen molar-refractivity contribution < 1.29 is 14.3 Å². The van der Waals surface area contributed by atoms with E-state index in [1.807, 2.05) is 6.07 Å². The van der Waals surface area contributed by atoms with Crippen LogP contribution in [-0.4, -0.2) is 13.1 Å². The van der Waals surface area contributed by atoms with Crippen molar-refractivity contribution >= 4 is 5.97 Å². The fraction of sp³-hybridized carbons (Fsp3) is 0.300. The van der Waals surface area contributed by atoms with Gasteiger partial charge in [0, 0.05) is 5.56 Å². The summed E-state index contributed by atoms with van der Waals surface area (Å²) >= 11 is 0. The molecule has 0 aliphatic carbocycles. The van der Waals surface area contributed by atoms with Crippen LogP contribution in [0.25, 0.3) is 0 Å². The first-order chi connectivity index (χ1) is 6.72. The van der Waals surface area contributed by atoms with Crippen LogP contribution in [-0.2, 0) is 16.1 Å². The average Bonchev–Trinajstić information content (AvgIpc) is 2.59. The molecule has 1 aromatic carbocycles. The number of ether oxygens (including phenoxy) is 2. The maximum absolute atomic E-state index is 11.2. The maximum Gasteiger partial charge on any atom is 0.337 e. The van der Waals surface area contributed by atoms with Crippen molar-refractivity contribution in [1.29, 1.82) is 0 Å². The molecule has 1 unspecified atom stereocenters. The molecule has 0 radical (unpaired) electrons. The molecule has 4 nitrogen and oxygen atoms in total. The van der Waals surface area contributed by atoms with Gasteiger partial charge < -0.3 is 15.2 Å². The lowest BCUT2D eigenvalue weighted by Gasteiger charge is -2.05. The van der Waals surface area contributed by atoms with E-state index in [1.165, 1.54) is 7.11 Å². The molecule has 1 atom stereocenters. The van der Waals surface area contributed by atoms with Crippen LogP contribution in [0.4, 0.5) is 0 Å². The van der Waals surface area contributed by atoms with Crippen LogP contribution in [0.3, 0.4) is 0 Å². The van der Waals surface area contributed by atoms with Crippen LogP contribution in [0.15, 0.2) is 18.2 Å². The molecule has 0 saturated carbocycles. The second kappa shape index (κ2) is 3.40. The predicted molar refractivity (Wildman–Crippen MR) is 49.5 cm³/mol. The Morgan fingerprint density at radius 1 is 1.64 bits per heavy atom. The number of carbonyl (C=O) groups is 1. The van der Waals surface area contributed by atoms with Crippen molar-refractivity contribution in [2.75, 3.05) is 7.11 Å². The van der Waals surface area contributed by atoms with Gasteiger partial charge in [0.05, 0.1) is 19.3 Å². The highest BCUT2D eigenvalue weighted by molar-refractivity contribution is 5.89. The third kappa shape index (κ3) is 1.38. The Labute approximate surface area is 81.6 Å². The van der Waals surface area contributed by atoms with Crippen molar-refractivity contribution in [3.05, 3.63) is 34.9 Å². The normalized spacial score (nSPS) is 19.1. The van der Waals surface area contributed by atoms with Gasteiger partial charge in [-0.05, 0) is 17.7 Å². The maximum atomic E-state index is 11.2. The van der Waals surface area contributed by atoms with Gasteiger partial charge in [-0.2, -0.15) is 0 Å². The highest BCUT2D eigenvalue weighted by atomic mass is 16.5. The van der Waals surface area contributed by atoms with Crippen LogP contribution in [0.1, 0.15) is 27.7 Å². The molecule has 1 aromatic rings. The molecule has 0 fully saturated rings. The van der Waals surface area contributed by atoms with Crippen LogP contribution in [0.5, 0.6) is 0 Å². The largest absolute Gasteiger partial charge is 0.465 e. The molecule has 0 aromatic heterocycles. The lowest BCUT2D eigenvalue weighted by Crippen LogP contribution is -2.09. The number of esters is 1. The quantitative estimate of drug-likeness (QED) is 0.675. The van der Waals surface area contributed by atoms with Crippen LogP contribution >= 0.6 is 0 Å². The van der Waals surface area contributed by atoms with Crippen molar-refractivity contribution in [2.45, 2.75) is 12.8 Å². The minimum Gasteiger partial charge on any atom is -0.465 e. The van der Waals surface area contributed by atoms with E-state index in [1.54, 1.807) is 12.1 Å². The van der Waals surface area contributed by atoms with E-state index in [2.05, 4.69) is 4.74 Å². The van der Waals surface area contributed by atoms with Gasteiger partial charge in [0.2, 0.25) is 0 Å². The smallest absolute Gasteiger partial charge is 0.337 e. The van der Waals surface area contributed by atoms with E-state index in [4.69, 9.17) is 10.5 Å². The molecule has 4 heteroatoms.